The minimum Gasteiger partial charge on any atom is -0.493 e. The lowest BCUT2D eigenvalue weighted by molar-refractivity contribution is -0.159. The highest BCUT2D eigenvalue weighted by Gasteiger charge is 2.33. The summed E-state index contributed by atoms with van der Waals surface area (Å²) < 4.78 is 15.9. The number of nitrogens with zero attached hydrogens (tertiary/aromatic N) is 5. The molecular weight excluding hydrogens is 488 g/mol. The smallest absolute Gasteiger partial charge is 0.414 e. The molecule has 1 aliphatic heterocycles. The molecule has 196 valence electrons. The standard InChI is InChI=1S/C21H24N6O4.C2H2O4/c1-29-16-5-4-14(10-17(16)30-2)6-9-22-18(28)13-27-11-15(12-27)21-25-20(26-31-21)19-23-7-3-8-24-19;3-1(4)2(5)6/h3-5,7-8,10,15H,6,9,11-13H2,1-2H3,(H,22,28);(H,3,4)(H,5,6). The third kappa shape index (κ3) is 7.70. The quantitative estimate of drug-likeness (QED) is 0.334. The van der Waals surface area contributed by atoms with Gasteiger partial charge in [-0.2, -0.15) is 4.98 Å². The van der Waals surface area contributed by atoms with E-state index in [4.69, 9.17) is 33.8 Å². The van der Waals surface area contributed by atoms with Gasteiger partial charge in [-0.25, -0.2) is 19.6 Å². The van der Waals surface area contributed by atoms with Crippen molar-refractivity contribution in [3.05, 3.63) is 48.1 Å². The Hall–Kier alpha value is -4.59. The van der Waals surface area contributed by atoms with Gasteiger partial charge in [-0.05, 0) is 30.2 Å². The molecule has 1 aromatic carbocycles. The molecule has 0 bridgehead atoms. The van der Waals surface area contributed by atoms with Crippen molar-refractivity contribution in [2.75, 3.05) is 40.4 Å². The van der Waals surface area contributed by atoms with E-state index in [2.05, 4.69) is 25.4 Å². The lowest BCUT2D eigenvalue weighted by atomic mass is 10.0. The molecule has 0 spiro atoms. The topological polar surface area (TPSA) is 190 Å². The molecule has 0 unspecified atom stereocenters. The Morgan fingerprint density at radius 3 is 2.35 bits per heavy atom. The van der Waals surface area contributed by atoms with Gasteiger partial charge in [-0.15, -0.1) is 0 Å². The van der Waals surface area contributed by atoms with E-state index < -0.39 is 11.9 Å². The minimum atomic E-state index is -1.82. The number of hydrogen-bond acceptors (Lipinski definition) is 11. The van der Waals surface area contributed by atoms with Gasteiger partial charge >= 0.3 is 11.9 Å². The Balaban J connectivity index is 0.000000568. The van der Waals surface area contributed by atoms with E-state index in [0.29, 0.717) is 61.6 Å². The van der Waals surface area contributed by atoms with Crippen LogP contribution in [0.25, 0.3) is 11.6 Å². The zero-order valence-electron chi connectivity index (χ0n) is 20.2. The normalized spacial score (nSPS) is 13.0. The van der Waals surface area contributed by atoms with Crippen LogP contribution in [0.2, 0.25) is 0 Å². The fourth-order valence-corrected chi connectivity index (χ4v) is 3.40. The molecule has 1 fully saturated rings. The van der Waals surface area contributed by atoms with Crippen LogP contribution < -0.4 is 14.8 Å². The average molecular weight is 514 g/mol. The maximum Gasteiger partial charge on any atom is 0.414 e. The van der Waals surface area contributed by atoms with Crippen LogP contribution in [-0.4, -0.2) is 93.5 Å². The maximum atomic E-state index is 12.2. The van der Waals surface area contributed by atoms with Gasteiger partial charge < -0.3 is 29.5 Å². The molecule has 3 heterocycles. The SMILES string of the molecule is COc1ccc(CCNC(=O)CN2CC(c3nc(-c4ncccn4)no3)C2)cc1OC.O=C(O)C(=O)O. The van der Waals surface area contributed by atoms with Crippen LogP contribution in [0.15, 0.2) is 41.2 Å². The Kier molecular flexibility index (Phi) is 9.43. The van der Waals surface area contributed by atoms with Crippen LogP contribution in [0.5, 0.6) is 11.5 Å². The monoisotopic (exact) mass is 514 g/mol. The fraction of sp³-hybridized carbons (Fsp3) is 0.348. The Labute approximate surface area is 211 Å². The molecule has 2 aromatic heterocycles. The summed E-state index contributed by atoms with van der Waals surface area (Å²) in [6, 6.07) is 7.48. The number of likely N-dealkylation sites (tertiary alicyclic amines) is 1. The number of carbonyl (C=O) groups excluding carboxylic acids is 1. The van der Waals surface area contributed by atoms with Gasteiger partial charge in [0.05, 0.1) is 26.7 Å². The summed E-state index contributed by atoms with van der Waals surface area (Å²) in [5, 5.41) is 21.7. The molecule has 1 saturated heterocycles. The zero-order valence-corrected chi connectivity index (χ0v) is 20.2. The number of carboxylic acids is 2. The van der Waals surface area contributed by atoms with Crippen molar-refractivity contribution in [2.45, 2.75) is 12.3 Å². The summed E-state index contributed by atoms with van der Waals surface area (Å²) in [6.45, 7) is 2.28. The van der Waals surface area contributed by atoms with Gasteiger partial charge in [-0.3, -0.25) is 9.69 Å². The number of ether oxygens (including phenoxy) is 2. The molecule has 0 atom stereocenters. The highest BCUT2D eigenvalue weighted by atomic mass is 16.5. The van der Waals surface area contributed by atoms with E-state index >= 15 is 0 Å². The van der Waals surface area contributed by atoms with Crippen molar-refractivity contribution < 1.29 is 38.6 Å². The highest BCUT2D eigenvalue weighted by Crippen LogP contribution is 2.28. The molecule has 1 amide bonds. The predicted octanol–water partition coefficient (Wildman–Crippen LogP) is 0.458. The van der Waals surface area contributed by atoms with Crippen LogP contribution >= 0.6 is 0 Å². The maximum absolute atomic E-state index is 12.2. The van der Waals surface area contributed by atoms with Crippen LogP contribution in [0, 0.1) is 0 Å². The van der Waals surface area contributed by atoms with E-state index in [-0.39, 0.29) is 11.8 Å². The van der Waals surface area contributed by atoms with Gasteiger partial charge in [-0.1, -0.05) is 11.2 Å². The summed E-state index contributed by atoms with van der Waals surface area (Å²) in [5.41, 5.74) is 1.07. The number of nitrogens with one attached hydrogen (secondary N) is 1. The molecule has 0 aliphatic carbocycles. The third-order valence-corrected chi connectivity index (χ3v) is 5.25. The second-order valence-corrected chi connectivity index (χ2v) is 7.82. The molecule has 3 aromatic rings. The largest absolute Gasteiger partial charge is 0.493 e. The summed E-state index contributed by atoms with van der Waals surface area (Å²) in [6.07, 6.45) is 3.97. The first-order valence-electron chi connectivity index (χ1n) is 11.1. The van der Waals surface area contributed by atoms with Gasteiger partial charge in [0.15, 0.2) is 11.5 Å². The Morgan fingerprint density at radius 2 is 1.73 bits per heavy atom. The van der Waals surface area contributed by atoms with Gasteiger partial charge in [0, 0.05) is 32.0 Å². The second kappa shape index (κ2) is 12.9. The molecule has 14 heteroatoms. The van der Waals surface area contributed by atoms with Crippen LogP contribution in [0.4, 0.5) is 0 Å². The molecule has 14 nitrogen and oxygen atoms in total. The minimum absolute atomic E-state index is 0.0113. The number of aliphatic carboxylic acids is 2. The lowest BCUT2D eigenvalue weighted by Crippen LogP contribution is -2.49. The van der Waals surface area contributed by atoms with Crippen LogP contribution in [0.3, 0.4) is 0 Å². The second-order valence-electron chi connectivity index (χ2n) is 7.82. The van der Waals surface area contributed by atoms with Gasteiger partial charge in [0.1, 0.15) is 0 Å². The number of carboxylic acid groups (broad SMARTS) is 2. The van der Waals surface area contributed by atoms with E-state index in [9.17, 15) is 4.79 Å². The number of carbonyl (C=O) groups is 3. The number of aromatic nitrogens is 4. The van der Waals surface area contributed by atoms with Gasteiger partial charge in [0.2, 0.25) is 23.4 Å². The summed E-state index contributed by atoms with van der Waals surface area (Å²) in [7, 11) is 3.21. The third-order valence-electron chi connectivity index (χ3n) is 5.25. The number of amides is 1. The van der Waals surface area contributed by atoms with E-state index in [1.165, 1.54) is 0 Å². The van der Waals surface area contributed by atoms with Crippen molar-refractivity contribution in [3.8, 4) is 23.1 Å². The van der Waals surface area contributed by atoms with Crippen molar-refractivity contribution in [1.82, 2.24) is 30.3 Å². The summed E-state index contributed by atoms with van der Waals surface area (Å²) in [5.74, 6) is -0.817. The van der Waals surface area contributed by atoms with Crippen LogP contribution in [-0.2, 0) is 20.8 Å². The van der Waals surface area contributed by atoms with E-state index in [1.54, 1.807) is 32.7 Å². The number of benzene rings is 1. The first-order chi connectivity index (χ1) is 17.8. The Bertz CT molecular complexity index is 1200. The summed E-state index contributed by atoms with van der Waals surface area (Å²) >= 11 is 0. The van der Waals surface area contributed by atoms with Crippen molar-refractivity contribution >= 4 is 17.8 Å². The van der Waals surface area contributed by atoms with Gasteiger partial charge in [0.25, 0.3) is 0 Å². The first-order valence-corrected chi connectivity index (χ1v) is 11.1. The van der Waals surface area contributed by atoms with Crippen molar-refractivity contribution in [1.29, 1.82) is 0 Å². The first kappa shape index (κ1) is 27.0. The predicted molar refractivity (Wildman–Crippen MR) is 126 cm³/mol. The summed E-state index contributed by atoms with van der Waals surface area (Å²) in [4.78, 5) is 45.1. The molecule has 37 heavy (non-hydrogen) atoms. The van der Waals surface area contributed by atoms with E-state index in [1.807, 2.05) is 23.1 Å². The lowest BCUT2D eigenvalue weighted by Gasteiger charge is -2.36. The molecule has 1 aliphatic rings. The van der Waals surface area contributed by atoms with Crippen LogP contribution in [0.1, 0.15) is 17.4 Å². The number of rotatable bonds is 9. The molecule has 0 saturated carbocycles. The average Bonchev–Trinajstić information content (AvgIpc) is 3.36. The zero-order chi connectivity index (χ0) is 26.8. The number of methoxy groups -OCH3 is 2. The Morgan fingerprint density at radius 1 is 1.05 bits per heavy atom. The molecule has 0 radical (unpaired) electrons. The van der Waals surface area contributed by atoms with Crippen molar-refractivity contribution in [2.24, 2.45) is 0 Å². The fourth-order valence-electron chi connectivity index (χ4n) is 3.40. The molecular formula is C23H26N6O8. The molecule has 3 N–H and O–H groups in total. The van der Waals surface area contributed by atoms with Crippen molar-refractivity contribution in [3.63, 3.8) is 0 Å². The number of hydrogen-bond donors (Lipinski definition) is 3. The highest BCUT2D eigenvalue weighted by molar-refractivity contribution is 6.27. The molecule has 4 rings (SSSR count). The van der Waals surface area contributed by atoms with E-state index in [0.717, 1.165) is 5.56 Å².